The van der Waals surface area contributed by atoms with Crippen molar-refractivity contribution in [2.45, 2.75) is 32.7 Å². The largest absolute Gasteiger partial charge is 0.409 e. The van der Waals surface area contributed by atoms with Crippen LogP contribution in [-0.4, -0.2) is 17.6 Å². The van der Waals surface area contributed by atoms with E-state index >= 15 is 0 Å². The van der Waals surface area contributed by atoms with E-state index < -0.39 is 0 Å². The second-order valence-corrected chi connectivity index (χ2v) is 5.56. The fraction of sp³-hybridized carbons (Fsp3) is 0.500. The second kappa shape index (κ2) is 5.57. The molecule has 1 aromatic rings. The number of halogens is 1. The molecular formula is C14H20FN3O. The van der Waals surface area contributed by atoms with E-state index in [0.717, 1.165) is 6.54 Å². The molecule has 1 aliphatic rings. The molecule has 1 aromatic carbocycles. The second-order valence-electron chi connectivity index (χ2n) is 5.56. The number of hydrogen-bond donors (Lipinski definition) is 3. The van der Waals surface area contributed by atoms with Crippen LogP contribution in [0.4, 0.5) is 4.39 Å². The van der Waals surface area contributed by atoms with Crippen molar-refractivity contribution in [2.24, 2.45) is 16.3 Å². The van der Waals surface area contributed by atoms with E-state index in [9.17, 15) is 4.39 Å². The molecule has 0 aromatic heterocycles. The summed E-state index contributed by atoms with van der Waals surface area (Å²) in [5.74, 6) is -0.421. The lowest BCUT2D eigenvalue weighted by atomic mass is 9.70. The van der Waals surface area contributed by atoms with Gasteiger partial charge < -0.3 is 16.3 Å². The van der Waals surface area contributed by atoms with Gasteiger partial charge in [-0.15, -0.1) is 0 Å². The molecule has 0 radical (unpaired) electrons. The third kappa shape index (κ3) is 3.23. The van der Waals surface area contributed by atoms with Crippen LogP contribution < -0.4 is 11.1 Å². The topological polar surface area (TPSA) is 70.6 Å². The van der Waals surface area contributed by atoms with Crippen LogP contribution in [0.1, 0.15) is 37.3 Å². The summed E-state index contributed by atoms with van der Waals surface area (Å²) in [6, 6.07) is 4.61. The summed E-state index contributed by atoms with van der Waals surface area (Å²) in [5, 5.41) is 14.7. The van der Waals surface area contributed by atoms with Crippen LogP contribution in [0.5, 0.6) is 0 Å². The number of amidine groups is 1. The summed E-state index contributed by atoms with van der Waals surface area (Å²) >= 11 is 0. The van der Waals surface area contributed by atoms with Gasteiger partial charge in [-0.05, 0) is 24.3 Å². The molecule has 5 heteroatoms. The maximum absolute atomic E-state index is 13.8. The van der Waals surface area contributed by atoms with Crippen LogP contribution in [0.15, 0.2) is 23.4 Å². The number of hydrogen-bond acceptors (Lipinski definition) is 3. The van der Waals surface area contributed by atoms with E-state index in [-0.39, 0.29) is 11.7 Å². The lowest BCUT2D eigenvalue weighted by molar-refractivity contribution is 0.156. The minimum absolute atomic E-state index is 0.0830. The first-order chi connectivity index (χ1) is 9.04. The smallest absolute Gasteiger partial charge is 0.170 e. The fourth-order valence-electron chi connectivity index (χ4n) is 2.36. The standard InChI is InChI=1S/C14H20FN3O/c1-14(5-2-6-14)9-17-8-11-4-3-10(7-12(11)15)13(16)18-19/h3-4,7,17,19H,2,5-6,8-9H2,1H3,(H2,16,18). The highest BCUT2D eigenvalue weighted by molar-refractivity contribution is 5.97. The molecule has 4 nitrogen and oxygen atoms in total. The summed E-state index contributed by atoms with van der Waals surface area (Å²) < 4.78 is 13.8. The van der Waals surface area contributed by atoms with Crippen molar-refractivity contribution in [1.82, 2.24) is 5.32 Å². The molecule has 0 atom stereocenters. The van der Waals surface area contributed by atoms with Crippen molar-refractivity contribution in [3.05, 3.63) is 35.1 Å². The molecule has 0 spiro atoms. The van der Waals surface area contributed by atoms with Gasteiger partial charge in [-0.3, -0.25) is 0 Å². The zero-order chi connectivity index (χ0) is 13.9. The molecule has 0 bridgehead atoms. The van der Waals surface area contributed by atoms with Crippen molar-refractivity contribution in [3.8, 4) is 0 Å². The Morgan fingerprint density at radius 3 is 2.79 bits per heavy atom. The Morgan fingerprint density at radius 1 is 1.53 bits per heavy atom. The Hall–Kier alpha value is -1.62. The summed E-state index contributed by atoms with van der Waals surface area (Å²) in [4.78, 5) is 0. The molecule has 0 amide bonds. The minimum Gasteiger partial charge on any atom is -0.409 e. The number of rotatable bonds is 5. The lowest BCUT2D eigenvalue weighted by Gasteiger charge is -2.38. The van der Waals surface area contributed by atoms with Gasteiger partial charge in [0.2, 0.25) is 0 Å². The highest BCUT2D eigenvalue weighted by Gasteiger charge is 2.30. The highest BCUT2D eigenvalue weighted by Crippen LogP contribution is 2.39. The van der Waals surface area contributed by atoms with E-state index in [0.29, 0.717) is 23.1 Å². The van der Waals surface area contributed by atoms with Crippen LogP contribution in [0, 0.1) is 11.2 Å². The van der Waals surface area contributed by atoms with E-state index in [1.54, 1.807) is 12.1 Å². The minimum atomic E-state index is -0.338. The number of oxime groups is 1. The zero-order valence-electron chi connectivity index (χ0n) is 11.1. The fourth-order valence-corrected chi connectivity index (χ4v) is 2.36. The van der Waals surface area contributed by atoms with Gasteiger partial charge in [0.25, 0.3) is 0 Å². The van der Waals surface area contributed by atoms with E-state index in [1.165, 1.54) is 25.3 Å². The van der Waals surface area contributed by atoms with Gasteiger partial charge in [-0.25, -0.2) is 4.39 Å². The normalized spacial score (nSPS) is 18.1. The lowest BCUT2D eigenvalue weighted by Crippen LogP contribution is -2.37. The van der Waals surface area contributed by atoms with E-state index in [1.807, 2.05) is 0 Å². The van der Waals surface area contributed by atoms with Gasteiger partial charge in [-0.1, -0.05) is 30.6 Å². The van der Waals surface area contributed by atoms with Gasteiger partial charge in [0.05, 0.1) is 0 Å². The summed E-state index contributed by atoms with van der Waals surface area (Å²) in [6.07, 6.45) is 3.77. The molecule has 104 valence electrons. The number of nitrogens with two attached hydrogens (primary N) is 1. The van der Waals surface area contributed by atoms with Crippen molar-refractivity contribution in [3.63, 3.8) is 0 Å². The Kier molecular flexibility index (Phi) is 4.04. The molecule has 1 aliphatic carbocycles. The average molecular weight is 265 g/mol. The number of benzene rings is 1. The van der Waals surface area contributed by atoms with Crippen molar-refractivity contribution in [2.75, 3.05) is 6.54 Å². The Labute approximate surface area is 112 Å². The zero-order valence-corrected chi connectivity index (χ0v) is 11.1. The van der Waals surface area contributed by atoms with Gasteiger partial charge in [0.1, 0.15) is 5.82 Å². The molecule has 2 rings (SSSR count). The predicted molar refractivity (Wildman–Crippen MR) is 72.6 cm³/mol. The summed E-state index contributed by atoms with van der Waals surface area (Å²) in [6.45, 7) is 3.66. The van der Waals surface area contributed by atoms with Crippen molar-refractivity contribution < 1.29 is 9.60 Å². The first-order valence-corrected chi connectivity index (χ1v) is 6.51. The summed E-state index contributed by atoms with van der Waals surface area (Å²) in [7, 11) is 0. The van der Waals surface area contributed by atoms with Crippen LogP contribution >= 0.6 is 0 Å². The average Bonchev–Trinajstić information content (AvgIpc) is 2.37. The van der Waals surface area contributed by atoms with Crippen molar-refractivity contribution >= 4 is 5.84 Å². The molecule has 1 fully saturated rings. The number of nitrogens with zero attached hydrogens (tertiary/aromatic N) is 1. The molecule has 0 unspecified atom stereocenters. The quantitative estimate of drug-likeness (QED) is 0.331. The summed E-state index contributed by atoms with van der Waals surface area (Å²) in [5.41, 5.74) is 6.77. The highest BCUT2D eigenvalue weighted by atomic mass is 19.1. The number of nitrogens with one attached hydrogen (secondary N) is 1. The van der Waals surface area contributed by atoms with Gasteiger partial charge in [0.15, 0.2) is 5.84 Å². The Balaban J connectivity index is 1.93. The van der Waals surface area contributed by atoms with Gasteiger partial charge >= 0.3 is 0 Å². The molecule has 1 saturated carbocycles. The molecule has 19 heavy (non-hydrogen) atoms. The SMILES string of the molecule is CC1(CNCc2ccc(/C(N)=N/O)cc2F)CCC1. The Morgan fingerprint density at radius 2 is 2.26 bits per heavy atom. The molecular weight excluding hydrogens is 245 g/mol. The van der Waals surface area contributed by atoms with Gasteiger partial charge in [-0.2, -0.15) is 0 Å². The van der Waals surface area contributed by atoms with Crippen LogP contribution in [0.2, 0.25) is 0 Å². The van der Waals surface area contributed by atoms with Crippen LogP contribution in [0.25, 0.3) is 0 Å². The molecule has 4 N–H and O–H groups in total. The first-order valence-electron chi connectivity index (χ1n) is 6.51. The third-order valence-corrected chi connectivity index (χ3v) is 3.88. The Bertz CT molecular complexity index is 484. The maximum atomic E-state index is 13.8. The molecule has 0 saturated heterocycles. The molecule has 0 heterocycles. The van der Waals surface area contributed by atoms with Gasteiger partial charge in [0, 0.05) is 24.2 Å². The van der Waals surface area contributed by atoms with E-state index in [4.69, 9.17) is 10.9 Å². The van der Waals surface area contributed by atoms with Crippen molar-refractivity contribution in [1.29, 1.82) is 0 Å². The predicted octanol–water partition coefficient (Wildman–Crippen LogP) is 2.20. The van der Waals surface area contributed by atoms with Crippen LogP contribution in [-0.2, 0) is 6.54 Å². The molecule has 0 aliphatic heterocycles. The van der Waals surface area contributed by atoms with E-state index in [2.05, 4.69) is 17.4 Å². The maximum Gasteiger partial charge on any atom is 0.170 e. The third-order valence-electron chi connectivity index (χ3n) is 3.88. The van der Waals surface area contributed by atoms with Crippen LogP contribution in [0.3, 0.4) is 0 Å². The monoisotopic (exact) mass is 265 g/mol. The first kappa shape index (κ1) is 13.8.